The number of hydrogen-bond donors (Lipinski definition) is 2. The molecule has 1 unspecified atom stereocenters. The SMILES string of the molecule is O=C(CC(C(=O)Nc1cccc(Cl)c1)N(C(=O)[O-])c1cccc(Cl)c1)Nc1cccc(Cl)c1. The van der Waals surface area contributed by atoms with Gasteiger partial charge in [-0.2, -0.15) is 0 Å². The Kier molecular flexibility index (Phi) is 8.16. The van der Waals surface area contributed by atoms with E-state index in [0.29, 0.717) is 26.3 Å². The minimum absolute atomic E-state index is 0.0734. The molecule has 0 aliphatic carbocycles. The maximum absolute atomic E-state index is 13.1. The van der Waals surface area contributed by atoms with Gasteiger partial charge in [0.1, 0.15) is 12.1 Å². The summed E-state index contributed by atoms with van der Waals surface area (Å²) in [6, 6.07) is 17.1. The summed E-state index contributed by atoms with van der Waals surface area (Å²) in [7, 11) is 0. The minimum Gasteiger partial charge on any atom is -0.530 e. The molecule has 0 spiro atoms. The normalized spacial score (nSPS) is 11.4. The van der Waals surface area contributed by atoms with E-state index in [1.165, 1.54) is 30.3 Å². The zero-order valence-corrected chi connectivity index (χ0v) is 19.2. The van der Waals surface area contributed by atoms with Crippen LogP contribution in [0.5, 0.6) is 0 Å². The van der Waals surface area contributed by atoms with Crippen LogP contribution in [0, 0.1) is 0 Å². The second-order valence-electron chi connectivity index (χ2n) is 6.89. The molecule has 10 heteroatoms. The van der Waals surface area contributed by atoms with Crippen LogP contribution in [0.25, 0.3) is 0 Å². The fraction of sp³-hybridized carbons (Fsp3) is 0.0870. The van der Waals surface area contributed by atoms with Crippen molar-refractivity contribution in [2.45, 2.75) is 12.5 Å². The number of halogens is 3. The standard InChI is InChI=1S/C23H18Cl3N3O4/c24-14-4-1-7-17(10-14)27-21(30)13-20(22(31)28-18-8-2-5-15(25)11-18)29(23(32)33)19-9-3-6-16(26)12-19/h1-12,20H,13H2,(H,27,30)(H,28,31)(H,32,33)/p-1. The number of anilines is 3. The zero-order valence-electron chi connectivity index (χ0n) is 16.9. The molecule has 2 N–H and O–H groups in total. The highest BCUT2D eigenvalue weighted by molar-refractivity contribution is 6.31. The first-order valence-corrected chi connectivity index (χ1v) is 10.7. The zero-order chi connectivity index (χ0) is 24.0. The molecule has 0 aromatic heterocycles. The van der Waals surface area contributed by atoms with E-state index in [1.54, 1.807) is 42.5 Å². The molecule has 3 rings (SSSR count). The predicted octanol–water partition coefficient (Wildman–Crippen LogP) is 4.83. The number of amides is 3. The fourth-order valence-electron chi connectivity index (χ4n) is 3.09. The summed E-state index contributed by atoms with van der Waals surface area (Å²) < 4.78 is 0. The average molecular weight is 506 g/mol. The Morgan fingerprint density at radius 1 is 0.788 bits per heavy atom. The lowest BCUT2D eigenvalue weighted by molar-refractivity contribution is -0.247. The van der Waals surface area contributed by atoms with Gasteiger partial charge in [-0.25, -0.2) is 0 Å². The second-order valence-corrected chi connectivity index (χ2v) is 8.20. The average Bonchev–Trinajstić information content (AvgIpc) is 2.73. The smallest absolute Gasteiger partial charge is 0.248 e. The van der Waals surface area contributed by atoms with Crippen molar-refractivity contribution in [1.29, 1.82) is 0 Å². The van der Waals surface area contributed by atoms with Gasteiger partial charge >= 0.3 is 0 Å². The van der Waals surface area contributed by atoms with Gasteiger partial charge in [-0.05, 0) is 54.6 Å². The quantitative estimate of drug-likeness (QED) is 0.480. The summed E-state index contributed by atoms with van der Waals surface area (Å²) in [4.78, 5) is 38.7. The van der Waals surface area contributed by atoms with E-state index in [-0.39, 0.29) is 10.7 Å². The largest absolute Gasteiger partial charge is 0.530 e. The summed E-state index contributed by atoms with van der Waals surface area (Å²) in [6.07, 6.45) is -2.20. The number of carboxylic acid groups (broad SMARTS) is 1. The highest BCUT2D eigenvalue weighted by atomic mass is 35.5. The minimum atomic E-state index is -1.68. The third-order valence-corrected chi connectivity index (χ3v) is 5.18. The Bertz CT molecular complexity index is 1190. The number of rotatable bonds is 7. The summed E-state index contributed by atoms with van der Waals surface area (Å²) >= 11 is 17.9. The third-order valence-electron chi connectivity index (χ3n) is 4.48. The van der Waals surface area contributed by atoms with Crippen LogP contribution in [0.4, 0.5) is 21.9 Å². The van der Waals surface area contributed by atoms with Crippen molar-refractivity contribution in [2.75, 3.05) is 15.5 Å². The molecule has 7 nitrogen and oxygen atoms in total. The molecule has 3 amide bonds. The van der Waals surface area contributed by atoms with E-state index in [0.717, 1.165) is 0 Å². The summed E-state index contributed by atoms with van der Waals surface area (Å²) in [5.41, 5.74) is 0.797. The van der Waals surface area contributed by atoms with Crippen molar-refractivity contribution in [3.05, 3.63) is 87.9 Å². The van der Waals surface area contributed by atoms with Crippen molar-refractivity contribution in [3.63, 3.8) is 0 Å². The number of benzene rings is 3. The Morgan fingerprint density at radius 2 is 1.30 bits per heavy atom. The van der Waals surface area contributed by atoms with Crippen molar-refractivity contribution in [2.24, 2.45) is 0 Å². The monoisotopic (exact) mass is 504 g/mol. The Hall–Kier alpha value is -3.26. The molecule has 0 aliphatic rings. The second kappa shape index (κ2) is 11.0. The Balaban J connectivity index is 1.92. The van der Waals surface area contributed by atoms with Crippen LogP contribution in [0.1, 0.15) is 6.42 Å². The van der Waals surface area contributed by atoms with Crippen LogP contribution < -0.4 is 20.6 Å². The molecule has 0 fully saturated rings. The lowest BCUT2D eigenvalue weighted by Crippen LogP contribution is -2.53. The Morgan fingerprint density at radius 3 is 1.82 bits per heavy atom. The summed E-state index contributed by atoms with van der Waals surface area (Å²) in [5, 5.41) is 18.3. The molecule has 0 saturated heterocycles. The molecular weight excluding hydrogens is 489 g/mol. The number of carbonyl (C=O) groups excluding carboxylic acids is 3. The fourth-order valence-corrected chi connectivity index (χ4v) is 3.65. The molecule has 0 saturated carbocycles. The van der Waals surface area contributed by atoms with Gasteiger partial charge in [0.15, 0.2) is 0 Å². The van der Waals surface area contributed by atoms with Gasteiger partial charge in [0.05, 0.1) is 6.42 Å². The van der Waals surface area contributed by atoms with Gasteiger partial charge in [0.2, 0.25) is 11.8 Å². The number of nitrogens with zero attached hydrogens (tertiary/aromatic N) is 1. The molecule has 0 radical (unpaired) electrons. The maximum Gasteiger partial charge on any atom is 0.248 e. The van der Waals surface area contributed by atoms with Crippen LogP contribution in [0.3, 0.4) is 0 Å². The number of nitrogens with one attached hydrogen (secondary N) is 2. The van der Waals surface area contributed by atoms with Gasteiger partial charge in [0, 0.05) is 32.1 Å². The summed E-state index contributed by atoms with van der Waals surface area (Å²) in [6.45, 7) is 0. The van der Waals surface area contributed by atoms with Crippen molar-refractivity contribution < 1.29 is 19.5 Å². The van der Waals surface area contributed by atoms with Crippen LogP contribution >= 0.6 is 34.8 Å². The highest BCUT2D eigenvalue weighted by Gasteiger charge is 2.30. The first-order valence-electron chi connectivity index (χ1n) is 9.60. The van der Waals surface area contributed by atoms with Crippen molar-refractivity contribution in [1.82, 2.24) is 0 Å². The van der Waals surface area contributed by atoms with E-state index < -0.39 is 30.4 Å². The number of carbonyl (C=O) groups is 3. The van der Waals surface area contributed by atoms with Crippen LogP contribution in [0.15, 0.2) is 72.8 Å². The lowest BCUT2D eigenvalue weighted by atomic mass is 10.1. The van der Waals surface area contributed by atoms with Gasteiger partial charge in [-0.1, -0.05) is 53.0 Å². The molecule has 0 heterocycles. The van der Waals surface area contributed by atoms with E-state index in [4.69, 9.17) is 34.8 Å². The predicted molar refractivity (Wildman–Crippen MR) is 128 cm³/mol. The molecule has 3 aromatic carbocycles. The molecule has 3 aromatic rings. The van der Waals surface area contributed by atoms with Crippen LogP contribution in [-0.4, -0.2) is 23.9 Å². The lowest BCUT2D eigenvalue weighted by Gasteiger charge is -2.33. The van der Waals surface area contributed by atoms with E-state index in [2.05, 4.69) is 10.6 Å². The molecular formula is C23H17Cl3N3O4-. The van der Waals surface area contributed by atoms with Gasteiger partial charge < -0.3 is 25.4 Å². The third kappa shape index (κ3) is 6.86. The van der Waals surface area contributed by atoms with Gasteiger partial charge in [-0.15, -0.1) is 0 Å². The molecule has 170 valence electrons. The van der Waals surface area contributed by atoms with E-state index in [1.807, 2.05) is 0 Å². The Labute approximate surface area is 204 Å². The number of hydrogen-bond acceptors (Lipinski definition) is 4. The molecule has 33 heavy (non-hydrogen) atoms. The maximum atomic E-state index is 13.1. The van der Waals surface area contributed by atoms with Crippen molar-refractivity contribution >= 4 is 69.8 Å². The summed E-state index contributed by atoms with van der Waals surface area (Å²) in [5.74, 6) is -1.38. The first kappa shape index (κ1) is 24.4. The van der Waals surface area contributed by atoms with Gasteiger partial charge in [-0.3, -0.25) is 9.59 Å². The van der Waals surface area contributed by atoms with Gasteiger partial charge in [0.25, 0.3) is 0 Å². The van der Waals surface area contributed by atoms with E-state index >= 15 is 0 Å². The molecule has 0 aliphatic heterocycles. The van der Waals surface area contributed by atoms with Crippen LogP contribution in [-0.2, 0) is 9.59 Å². The van der Waals surface area contributed by atoms with Crippen molar-refractivity contribution in [3.8, 4) is 0 Å². The van der Waals surface area contributed by atoms with Crippen LogP contribution in [0.2, 0.25) is 15.1 Å². The first-order chi connectivity index (χ1) is 15.7. The topological polar surface area (TPSA) is 102 Å². The highest BCUT2D eigenvalue weighted by Crippen LogP contribution is 2.25. The molecule has 0 bridgehead atoms. The molecule has 1 atom stereocenters. The van der Waals surface area contributed by atoms with E-state index in [9.17, 15) is 19.5 Å².